The fourth-order valence-corrected chi connectivity index (χ4v) is 3.22. The summed E-state index contributed by atoms with van der Waals surface area (Å²) >= 11 is 0. The third-order valence-electron chi connectivity index (χ3n) is 4.17. The van der Waals surface area contributed by atoms with E-state index in [4.69, 9.17) is 5.73 Å². The van der Waals surface area contributed by atoms with Crippen LogP contribution in [-0.4, -0.2) is 16.0 Å². The minimum Gasteiger partial charge on any atom is -0.350 e. The maximum absolute atomic E-state index is 12.4. The zero-order valence-electron chi connectivity index (χ0n) is 14.2. The molecule has 4 nitrogen and oxygen atoms in total. The number of rotatable bonds is 2. The molecular formula is C17H29N3O. The number of hydrogen-bond acceptors (Lipinski definition) is 2. The van der Waals surface area contributed by atoms with Gasteiger partial charge in [-0.05, 0) is 57.6 Å². The van der Waals surface area contributed by atoms with Crippen LogP contribution in [0.4, 0.5) is 0 Å². The minimum atomic E-state index is -0.214. The third-order valence-corrected chi connectivity index (χ3v) is 4.17. The number of hydrogen-bond donors (Lipinski definition) is 2. The number of fused-ring (bicyclic) bond motifs is 1. The Kier molecular flexibility index (Phi) is 3.96. The number of aromatic nitrogens is 1. The van der Waals surface area contributed by atoms with Crippen LogP contribution in [-0.2, 0) is 11.2 Å². The van der Waals surface area contributed by atoms with Crippen molar-refractivity contribution in [1.29, 1.82) is 0 Å². The van der Waals surface area contributed by atoms with Crippen molar-refractivity contribution in [3.8, 4) is 0 Å². The Balaban J connectivity index is 2.28. The number of nitrogens with two attached hydrogens (primary N) is 1. The van der Waals surface area contributed by atoms with E-state index in [1.165, 1.54) is 11.3 Å². The van der Waals surface area contributed by atoms with E-state index in [1.807, 2.05) is 33.9 Å². The molecule has 2 atom stereocenters. The van der Waals surface area contributed by atoms with Gasteiger partial charge in [0.15, 0.2) is 0 Å². The normalized spacial score (nSPS) is 22.5. The average Bonchev–Trinajstić information content (AvgIpc) is 2.67. The Bertz CT molecular complexity index is 537. The van der Waals surface area contributed by atoms with E-state index in [0.29, 0.717) is 0 Å². The van der Waals surface area contributed by atoms with E-state index in [1.54, 1.807) is 0 Å². The Hall–Kier alpha value is -1.29. The summed E-state index contributed by atoms with van der Waals surface area (Å²) < 4.78 is 2.09. The van der Waals surface area contributed by atoms with Crippen molar-refractivity contribution < 1.29 is 4.79 Å². The summed E-state index contributed by atoms with van der Waals surface area (Å²) in [4.78, 5) is 12.4. The molecule has 1 aromatic heterocycles. The molecule has 1 amide bonds. The Morgan fingerprint density at radius 1 is 1.48 bits per heavy atom. The molecule has 4 heteroatoms. The first-order chi connectivity index (χ1) is 9.50. The Labute approximate surface area is 128 Å². The second kappa shape index (κ2) is 5.16. The molecule has 21 heavy (non-hydrogen) atoms. The van der Waals surface area contributed by atoms with Crippen LogP contribution in [0.3, 0.4) is 0 Å². The highest BCUT2D eigenvalue weighted by Crippen LogP contribution is 2.40. The largest absolute Gasteiger partial charge is 0.350 e. The topological polar surface area (TPSA) is 60.0 Å². The smallest absolute Gasteiger partial charge is 0.243 e. The summed E-state index contributed by atoms with van der Waals surface area (Å²) in [5, 5.41) is 3.05. The van der Waals surface area contributed by atoms with E-state index in [9.17, 15) is 4.79 Å². The number of carbonyl (C=O) groups excluding carboxylic acids is 1. The zero-order chi connectivity index (χ0) is 16.0. The van der Waals surface area contributed by atoms with Gasteiger partial charge >= 0.3 is 0 Å². The first-order valence-electron chi connectivity index (χ1n) is 7.77. The van der Waals surface area contributed by atoms with Gasteiger partial charge in [-0.3, -0.25) is 4.79 Å². The molecule has 0 aromatic carbocycles. The summed E-state index contributed by atoms with van der Waals surface area (Å²) in [6.07, 6.45) is 3.97. The van der Waals surface area contributed by atoms with Crippen molar-refractivity contribution in [3.63, 3.8) is 0 Å². The first-order valence-corrected chi connectivity index (χ1v) is 7.77. The standard InChI is InChI=1S/C17H29N3O/c1-11(15(21)19-16(2,3)4)20-8-7-12-13(18)9-17(5,6)10-14(12)20/h7-8,11,13H,9-10,18H2,1-6H3,(H,19,21). The maximum atomic E-state index is 12.4. The van der Waals surface area contributed by atoms with Gasteiger partial charge in [0, 0.05) is 23.5 Å². The van der Waals surface area contributed by atoms with Crippen LogP contribution in [0.2, 0.25) is 0 Å². The van der Waals surface area contributed by atoms with Gasteiger partial charge in [-0.25, -0.2) is 0 Å². The molecule has 1 aromatic rings. The molecule has 2 unspecified atom stereocenters. The number of nitrogens with one attached hydrogen (secondary N) is 1. The minimum absolute atomic E-state index is 0.0536. The fourth-order valence-electron chi connectivity index (χ4n) is 3.22. The van der Waals surface area contributed by atoms with E-state index in [2.05, 4.69) is 29.8 Å². The van der Waals surface area contributed by atoms with Crippen LogP contribution in [0.15, 0.2) is 12.3 Å². The summed E-state index contributed by atoms with van der Waals surface area (Å²) in [7, 11) is 0. The first kappa shape index (κ1) is 16.1. The highest BCUT2D eigenvalue weighted by molar-refractivity contribution is 5.80. The second-order valence-electron chi connectivity index (χ2n) is 8.19. The molecule has 0 fully saturated rings. The summed E-state index contributed by atoms with van der Waals surface area (Å²) in [5.41, 5.74) is 8.69. The van der Waals surface area contributed by atoms with Gasteiger partial charge in [0.2, 0.25) is 5.91 Å². The molecule has 0 bridgehead atoms. The summed E-state index contributed by atoms with van der Waals surface area (Å²) in [6.45, 7) is 12.4. The maximum Gasteiger partial charge on any atom is 0.243 e. The van der Waals surface area contributed by atoms with Crippen molar-refractivity contribution in [1.82, 2.24) is 9.88 Å². The van der Waals surface area contributed by atoms with E-state index in [-0.39, 0.29) is 28.9 Å². The van der Waals surface area contributed by atoms with E-state index in [0.717, 1.165) is 12.8 Å². The lowest BCUT2D eigenvalue weighted by molar-refractivity contribution is -0.125. The van der Waals surface area contributed by atoms with Crippen molar-refractivity contribution in [2.75, 3.05) is 0 Å². The van der Waals surface area contributed by atoms with E-state index < -0.39 is 0 Å². The zero-order valence-corrected chi connectivity index (χ0v) is 14.2. The number of nitrogens with zero attached hydrogens (tertiary/aromatic N) is 1. The van der Waals surface area contributed by atoms with Gasteiger partial charge in [-0.1, -0.05) is 13.8 Å². The number of amides is 1. The van der Waals surface area contributed by atoms with Crippen molar-refractivity contribution in [2.24, 2.45) is 11.1 Å². The molecule has 0 saturated heterocycles. The highest BCUT2D eigenvalue weighted by atomic mass is 16.2. The lowest BCUT2D eigenvalue weighted by Gasteiger charge is -2.35. The van der Waals surface area contributed by atoms with Crippen LogP contribution >= 0.6 is 0 Å². The molecule has 0 radical (unpaired) electrons. The van der Waals surface area contributed by atoms with Crippen molar-refractivity contribution in [2.45, 2.75) is 72.0 Å². The van der Waals surface area contributed by atoms with Gasteiger partial charge in [0.1, 0.15) is 6.04 Å². The average molecular weight is 291 g/mol. The van der Waals surface area contributed by atoms with Crippen LogP contribution in [0.1, 0.15) is 71.3 Å². The van der Waals surface area contributed by atoms with Crippen molar-refractivity contribution >= 4 is 5.91 Å². The fraction of sp³-hybridized carbons (Fsp3) is 0.706. The predicted octanol–water partition coefficient (Wildman–Crippen LogP) is 2.94. The molecule has 0 aliphatic heterocycles. The molecule has 118 valence electrons. The van der Waals surface area contributed by atoms with Gasteiger partial charge in [-0.15, -0.1) is 0 Å². The van der Waals surface area contributed by atoms with Gasteiger partial charge in [-0.2, -0.15) is 0 Å². The SMILES string of the molecule is CC(C(=O)NC(C)(C)C)n1ccc2c1CC(C)(C)CC2N. The van der Waals surface area contributed by atoms with Crippen molar-refractivity contribution in [3.05, 3.63) is 23.5 Å². The molecule has 3 N–H and O–H groups in total. The summed E-state index contributed by atoms with van der Waals surface area (Å²) in [5.74, 6) is 0.0536. The molecule has 1 aliphatic carbocycles. The van der Waals surface area contributed by atoms with Crippen LogP contribution in [0.25, 0.3) is 0 Å². The highest BCUT2D eigenvalue weighted by Gasteiger charge is 2.34. The molecular weight excluding hydrogens is 262 g/mol. The Morgan fingerprint density at radius 2 is 2.10 bits per heavy atom. The van der Waals surface area contributed by atoms with Crippen LogP contribution in [0.5, 0.6) is 0 Å². The molecule has 0 saturated carbocycles. The Morgan fingerprint density at radius 3 is 2.67 bits per heavy atom. The quantitative estimate of drug-likeness (QED) is 0.880. The molecule has 2 rings (SSSR count). The van der Waals surface area contributed by atoms with E-state index >= 15 is 0 Å². The second-order valence-corrected chi connectivity index (χ2v) is 8.19. The van der Waals surface area contributed by atoms with Crippen LogP contribution < -0.4 is 11.1 Å². The number of carbonyl (C=O) groups is 1. The van der Waals surface area contributed by atoms with Crippen LogP contribution in [0, 0.1) is 5.41 Å². The molecule has 1 heterocycles. The van der Waals surface area contributed by atoms with Gasteiger partial charge in [0.05, 0.1) is 0 Å². The van der Waals surface area contributed by atoms with Gasteiger partial charge < -0.3 is 15.6 Å². The van der Waals surface area contributed by atoms with Gasteiger partial charge in [0.25, 0.3) is 0 Å². The summed E-state index contributed by atoms with van der Waals surface area (Å²) in [6, 6.07) is 1.94. The lowest BCUT2D eigenvalue weighted by atomic mass is 9.74. The monoisotopic (exact) mass is 291 g/mol. The molecule has 1 aliphatic rings. The molecule has 0 spiro atoms. The third kappa shape index (κ3) is 3.49. The lowest BCUT2D eigenvalue weighted by Crippen LogP contribution is -2.44. The predicted molar refractivity (Wildman–Crippen MR) is 86.1 cm³/mol.